The molecular formula is C8H11NO3. The molecule has 0 aromatic heterocycles. The molecule has 1 saturated heterocycles. The Morgan fingerprint density at radius 3 is 2.42 bits per heavy atom. The number of ether oxygens (including phenoxy) is 1. The van der Waals surface area contributed by atoms with Gasteiger partial charge in [-0.1, -0.05) is 0 Å². The van der Waals surface area contributed by atoms with Gasteiger partial charge in [0.25, 0.3) is 5.91 Å². The number of methoxy groups -OCH3 is 1. The summed E-state index contributed by atoms with van der Waals surface area (Å²) in [6, 6.07) is 0. The van der Waals surface area contributed by atoms with Crippen LogP contribution in [0.3, 0.4) is 0 Å². The summed E-state index contributed by atoms with van der Waals surface area (Å²) in [6.07, 6.45) is 0. The first-order chi connectivity index (χ1) is 5.57. The average molecular weight is 169 g/mol. The first-order valence-corrected chi connectivity index (χ1v) is 3.68. The fraction of sp³-hybridized carbons (Fsp3) is 0.500. The molecule has 1 heterocycles. The molecule has 4 nitrogen and oxygen atoms in total. The minimum absolute atomic E-state index is 0.258. The van der Waals surface area contributed by atoms with Gasteiger partial charge in [-0.05, 0) is 13.8 Å². The summed E-state index contributed by atoms with van der Waals surface area (Å²) in [5, 5.41) is 2.22. The summed E-state index contributed by atoms with van der Waals surface area (Å²) in [6.45, 7) is 3.35. The van der Waals surface area contributed by atoms with Crippen molar-refractivity contribution in [1.82, 2.24) is 5.32 Å². The molecular weight excluding hydrogens is 158 g/mol. The Balaban J connectivity index is 3.06. The third-order valence-electron chi connectivity index (χ3n) is 1.99. The summed E-state index contributed by atoms with van der Waals surface area (Å²) in [5.74, 6) is -0.485. The fourth-order valence-electron chi connectivity index (χ4n) is 1.19. The van der Waals surface area contributed by atoms with Gasteiger partial charge in [0.1, 0.15) is 5.76 Å². The summed E-state index contributed by atoms with van der Waals surface area (Å²) in [5.41, 5.74) is 0.433. The molecule has 1 rings (SSSR count). The number of rotatable bonds is 1. The van der Waals surface area contributed by atoms with Gasteiger partial charge >= 0.3 is 0 Å². The van der Waals surface area contributed by atoms with Gasteiger partial charge in [0.05, 0.1) is 18.6 Å². The molecule has 0 spiro atoms. The molecule has 1 atom stereocenters. The van der Waals surface area contributed by atoms with Crippen molar-refractivity contribution in [3.8, 4) is 0 Å². The number of hydrogen-bond donors (Lipinski definition) is 1. The molecule has 0 saturated carbocycles. The molecule has 12 heavy (non-hydrogen) atoms. The van der Waals surface area contributed by atoms with E-state index in [-0.39, 0.29) is 11.8 Å². The number of hydrogen-bond acceptors (Lipinski definition) is 3. The van der Waals surface area contributed by atoms with Crippen LogP contribution in [0.2, 0.25) is 0 Å². The molecule has 1 aliphatic rings. The van der Waals surface area contributed by atoms with Crippen LogP contribution >= 0.6 is 0 Å². The number of imide groups is 1. The van der Waals surface area contributed by atoms with Crippen LogP contribution < -0.4 is 5.32 Å². The van der Waals surface area contributed by atoms with Gasteiger partial charge in [-0.2, -0.15) is 0 Å². The quantitative estimate of drug-likeness (QED) is 0.346. The second-order valence-corrected chi connectivity index (χ2v) is 2.71. The van der Waals surface area contributed by atoms with Gasteiger partial charge in [-0.3, -0.25) is 14.9 Å². The fourth-order valence-corrected chi connectivity index (χ4v) is 1.19. The zero-order valence-corrected chi connectivity index (χ0v) is 7.30. The predicted octanol–water partition coefficient (Wildman–Crippen LogP) is 0.199. The molecule has 0 bridgehead atoms. The van der Waals surface area contributed by atoms with Crippen molar-refractivity contribution >= 4 is 11.8 Å². The van der Waals surface area contributed by atoms with Crippen molar-refractivity contribution in [1.29, 1.82) is 0 Å². The van der Waals surface area contributed by atoms with E-state index >= 15 is 0 Å². The van der Waals surface area contributed by atoms with Gasteiger partial charge in [-0.25, -0.2) is 0 Å². The summed E-state index contributed by atoms with van der Waals surface area (Å²) >= 11 is 0. The molecule has 1 unspecified atom stereocenters. The Morgan fingerprint density at radius 1 is 1.50 bits per heavy atom. The Hall–Kier alpha value is -1.32. The maximum absolute atomic E-state index is 11.1. The highest BCUT2D eigenvalue weighted by molar-refractivity contribution is 6.14. The monoisotopic (exact) mass is 169 g/mol. The van der Waals surface area contributed by atoms with Crippen LogP contribution in [0.4, 0.5) is 0 Å². The molecule has 2 amide bonds. The molecule has 0 aromatic rings. The lowest BCUT2D eigenvalue weighted by molar-refractivity contribution is -0.125. The summed E-state index contributed by atoms with van der Waals surface area (Å²) < 4.78 is 4.89. The van der Waals surface area contributed by atoms with Crippen LogP contribution in [-0.2, 0) is 14.3 Å². The molecule has 66 valence electrons. The van der Waals surface area contributed by atoms with Crippen LogP contribution in [0, 0.1) is 5.92 Å². The normalized spacial score (nSPS) is 27.1. The lowest BCUT2D eigenvalue weighted by Gasteiger charge is -2.04. The molecule has 0 aromatic carbocycles. The molecule has 1 aliphatic heterocycles. The van der Waals surface area contributed by atoms with E-state index in [9.17, 15) is 9.59 Å². The van der Waals surface area contributed by atoms with Crippen molar-refractivity contribution in [2.24, 2.45) is 5.92 Å². The van der Waals surface area contributed by atoms with E-state index < -0.39 is 5.92 Å². The van der Waals surface area contributed by atoms with E-state index in [0.717, 1.165) is 0 Å². The van der Waals surface area contributed by atoms with Crippen molar-refractivity contribution < 1.29 is 14.3 Å². The van der Waals surface area contributed by atoms with E-state index in [2.05, 4.69) is 5.32 Å². The predicted molar refractivity (Wildman–Crippen MR) is 42.0 cm³/mol. The average Bonchev–Trinajstić information content (AvgIpc) is 2.26. The highest BCUT2D eigenvalue weighted by atomic mass is 16.5. The number of nitrogens with one attached hydrogen (secondary N) is 1. The third-order valence-corrected chi connectivity index (χ3v) is 1.99. The van der Waals surface area contributed by atoms with E-state index in [0.29, 0.717) is 11.3 Å². The number of carbonyl (C=O) groups excluding carboxylic acids is 2. The standard InChI is InChI=1S/C8H11NO3/c1-4-6(5(2)12-3)8(11)9-7(4)10/h4H,1-3H3,(H,9,10,11)/b6-5+. The Morgan fingerprint density at radius 2 is 2.08 bits per heavy atom. The zero-order valence-electron chi connectivity index (χ0n) is 7.30. The number of carbonyl (C=O) groups is 2. The topological polar surface area (TPSA) is 55.4 Å². The largest absolute Gasteiger partial charge is 0.501 e. The third kappa shape index (κ3) is 1.20. The number of amides is 2. The maximum atomic E-state index is 11.1. The first kappa shape index (κ1) is 8.77. The summed E-state index contributed by atoms with van der Waals surface area (Å²) in [7, 11) is 1.48. The van der Waals surface area contributed by atoms with Crippen LogP contribution in [0.15, 0.2) is 11.3 Å². The summed E-state index contributed by atoms with van der Waals surface area (Å²) in [4.78, 5) is 22.1. The molecule has 1 fully saturated rings. The first-order valence-electron chi connectivity index (χ1n) is 3.68. The highest BCUT2D eigenvalue weighted by Crippen LogP contribution is 2.21. The lowest BCUT2D eigenvalue weighted by atomic mass is 10.0. The Kier molecular flexibility index (Phi) is 2.17. The highest BCUT2D eigenvalue weighted by Gasteiger charge is 2.34. The minimum Gasteiger partial charge on any atom is -0.501 e. The van der Waals surface area contributed by atoms with Gasteiger partial charge in [0.15, 0.2) is 0 Å². The smallest absolute Gasteiger partial charge is 0.257 e. The minimum atomic E-state index is -0.391. The molecule has 1 N–H and O–H groups in total. The van der Waals surface area contributed by atoms with Gasteiger partial charge in [0, 0.05) is 0 Å². The second kappa shape index (κ2) is 2.97. The molecule has 0 radical (unpaired) electrons. The van der Waals surface area contributed by atoms with Crippen molar-refractivity contribution in [3.63, 3.8) is 0 Å². The van der Waals surface area contributed by atoms with E-state index in [4.69, 9.17) is 4.74 Å². The van der Waals surface area contributed by atoms with Gasteiger partial charge in [-0.15, -0.1) is 0 Å². The van der Waals surface area contributed by atoms with E-state index in [1.54, 1.807) is 13.8 Å². The maximum Gasteiger partial charge on any atom is 0.257 e. The van der Waals surface area contributed by atoms with E-state index in [1.807, 2.05) is 0 Å². The second-order valence-electron chi connectivity index (χ2n) is 2.71. The Labute approximate surface area is 70.6 Å². The number of allylic oxidation sites excluding steroid dienone is 1. The lowest BCUT2D eigenvalue weighted by Crippen LogP contribution is -2.21. The van der Waals surface area contributed by atoms with Gasteiger partial charge < -0.3 is 4.74 Å². The van der Waals surface area contributed by atoms with Crippen molar-refractivity contribution in [2.75, 3.05) is 7.11 Å². The molecule has 4 heteroatoms. The molecule has 0 aliphatic carbocycles. The van der Waals surface area contributed by atoms with Crippen LogP contribution in [0.5, 0.6) is 0 Å². The van der Waals surface area contributed by atoms with Crippen molar-refractivity contribution in [3.05, 3.63) is 11.3 Å². The SMILES string of the molecule is CO/C(C)=C1/C(=O)NC(=O)C1C. The van der Waals surface area contributed by atoms with Crippen LogP contribution in [-0.4, -0.2) is 18.9 Å². The zero-order chi connectivity index (χ0) is 9.30. The van der Waals surface area contributed by atoms with Crippen LogP contribution in [0.25, 0.3) is 0 Å². The van der Waals surface area contributed by atoms with Gasteiger partial charge in [0.2, 0.25) is 5.91 Å². The Bertz CT molecular complexity index is 267. The van der Waals surface area contributed by atoms with Crippen LogP contribution in [0.1, 0.15) is 13.8 Å². The van der Waals surface area contributed by atoms with Crippen molar-refractivity contribution in [2.45, 2.75) is 13.8 Å². The van der Waals surface area contributed by atoms with E-state index in [1.165, 1.54) is 7.11 Å².